The van der Waals surface area contributed by atoms with E-state index in [1.165, 1.54) is 24.3 Å². The van der Waals surface area contributed by atoms with E-state index in [0.717, 1.165) is 6.21 Å². The number of ether oxygens (including phenoxy) is 1. The van der Waals surface area contributed by atoms with Gasteiger partial charge in [-0.15, -0.1) is 0 Å². The Balaban J connectivity index is 2.58. The molecule has 0 radical (unpaired) electrons. The summed E-state index contributed by atoms with van der Waals surface area (Å²) in [7, 11) is 0. The number of nitrogens with zero attached hydrogens (tertiary/aromatic N) is 1. The minimum Gasteiger partial charge on any atom is -0.487 e. The molecule has 0 aliphatic carbocycles. The number of alkyl halides is 4. The summed E-state index contributed by atoms with van der Waals surface area (Å²) in [4.78, 5) is 0. The average Bonchev–Trinajstić information content (AvgIpc) is 2.28. The molecule has 0 spiro atoms. The van der Waals surface area contributed by atoms with Crippen LogP contribution in [-0.4, -0.2) is 30.4 Å². The van der Waals surface area contributed by atoms with E-state index in [4.69, 9.17) is 5.21 Å². The molecule has 0 atom stereocenters. The van der Waals surface area contributed by atoms with Gasteiger partial charge >= 0.3 is 12.3 Å². The average molecular weight is 251 g/mol. The van der Waals surface area contributed by atoms with Crippen molar-refractivity contribution in [2.75, 3.05) is 6.61 Å². The van der Waals surface area contributed by atoms with Crippen molar-refractivity contribution in [3.63, 3.8) is 0 Å². The largest absolute Gasteiger partial charge is 0.487 e. The Morgan fingerprint density at radius 3 is 2.35 bits per heavy atom. The molecule has 0 aromatic heterocycles. The summed E-state index contributed by atoms with van der Waals surface area (Å²) in [6.07, 6.45) is -2.64. The maximum absolute atomic E-state index is 12.5. The highest BCUT2D eigenvalue weighted by molar-refractivity contribution is 5.79. The summed E-state index contributed by atoms with van der Waals surface area (Å²) in [6, 6.07) is 5.46. The van der Waals surface area contributed by atoms with Gasteiger partial charge in [0.15, 0.2) is 6.61 Å². The molecule has 0 fully saturated rings. The molecule has 0 amide bonds. The minimum atomic E-state index is -4.18. The van der Waals surface area contributed by atoms with Crippen LogP contribution in [0.15, 0.2) is 29.4 Å². The molecule has 0 saturated carbocycles. The van der Waals surface area contributed by atoms with Crippen molar-refractivity contribution in [2.24, 2.45) is 5.16 Å². The quantitative estimate of drug-likeness (QED) is 0.378. The van der Waals surface area contributed by atoms with Crippen molar-refractivity contribution >= 4 is 6.21 Å². The second-order valence-corrected chi connectivity index (χ2v) is 3.16. The maximum Gasteiger partial charge on any atom is 0.340 e. The second kappa shape index (κ2) is 5.51. The number of oxime groups is 1. The maximum atomic E-state index is 12.5. The Labute approximate surface area is 94.3 Å². The zero-order chi connectivity index (χ0) is 12.9. The van der Waals surface area contributed by atoms with Crippen LogP contribution in [0.2, 0.25) is 0 Å². The Kier molecular flexibility index (Phi) is 4.30. The standard InChI is InChI=1S/C10H9F4NO2/c11-9(12)10(13,14)6-17-8-3-1-7(2-4-8)5-15-16/h1-5,9,16H,6H2/b15-5+. The van der Waals surface area contributed by atoms with Gasteiger partial charge < -0.3 is 9.94 Å². The van der Waals surface area contributed by atoms with Crippen LogP contribution in [0.1, 0.15) is 5.56 Å². The van der Waals surface area contributed by atoms with Crippen LogP contribution in [0.4, 0.5) is 17.6 Å². The van der Waals surface area contributed by atoms with Gasteiger partial charge in [0, 0.05) is 0 Å². The third-order valence-corrected chi connectivity index (χ3v) is 1.84. The van der Waals surface area contributed by atoms with Gasteiger partial charge in [-0.3, -0.25) is 0 Å². The van der Waals surface area contributed by atoms with E-state index in [0.29, 0.717) is 5.56 Å². The van der Waals surface area contributed by atoms with Crippen LogP contribution in [0.25, 0.3) is 0 Å². The van der Waals surface area contributed by atoms with Gasteiger partial charge in [0.25, 0.3) is 0 Å². The van der Waals surface area contributed by atoms with E-state index in [9.17, 15) is 17.6 Å². The topological polar surface area (TPSA) is 41.8 Å². The highest BCUT2D eigenvalue weighted by Gasteiger charge is 2.41. The molecular weight excluding hydrogens is 242 g/mol. The van der Waals surface area contributed by atoms with Crippen LogP contribution < -0.4 is 4.74 Å². The molecule has 0 aliphatic rings. The third kappa shape index (κ3) is 3.93. The molecule has 3 nitrogen and oxygen atoms in total. The van der Waals surface area contributed by atoms with Crippen molar-refractivity contribution in [3.8, 4) is 5.75 Å². The molecular formula is C10H9F4NO2. The van der Waals surface area contributed by atoms with Crippen LogP contribution in [0, 0.1) is 0 Å². The van der Waals surface area contributed by atoms with Crippen molar-refractivity contribution in [2.45, 2.75) is 12.3 Å². The summed E-state index contributed by atoms with van der Waals surface area (Å²) >= 11 is 0. The van der Waals surface area contributed by atoms with Crippen LogP contribution in [0.3, 0.4) is 0 Å². The van der Waals surface area contributed by atoms with Gasteiger partial charge in [0.2, 0.25) is 0 Å². The minimum absolute atomic E-state index is 0.0282. The molecule has 1 N–H and O–H groups in total. The first-order chi connectivity index (χ1) is 7.95. The van der Waals surface area contributed by atoms with E-state index >= 15 is 0 Å². The highest BCUT2D eigenvalue weighted by Crippen LogP contribution is 2.24. The SMILES string of the molecule is O/N=C/c1ccc(OCC(F)(F)C(F)F)cc1. The number of hydrogen-bond acceptors (Lipinski definition) is 3. The summed E-state index contributed by atoms with van der Waals surface area (Å²) in [5, 5.41) is 11.0. The zero-order valence-corrected chi connectivity index (χ0v) is 8.49. The normalized spacial score (nSPS) is 12.3. The van der Waals surface area contributed by atoms with Gasteiger partial charge in [-0.1, -0.05) is 5.16 Å². The van der Waals surface area contributed by atoms with E-state index in [1.54, 1.807) is 0 Å². The second-order valence-electron chi connectivity index (χ2n) is 3.16. The first-order valence-electron chi connectivity index (χ1n) is 4.52. The fourth-order valence-electron chi connectivity index (χ4n) is 0.959. The molecule has 0 saturated heterocycles. The molecule has 94 valence electrons. The first-order valence-corrected chi connectivity index (χ1v) is 4.52. The Bertz CT molecular complexity index is 378. The summed E-state index contributed by atoms with van der Waals surface area (Å²) in [5.74, 6) is -4.15. The van der Waals surface area contributed by atoms with Gasteiger partial charge in [0.05, 0.1) is 6.21 Å². The van der Waals surface area contributed by atoms with Crippen LogP contribution in [-0.2, 0) is 0 Å². The van der Waals surface area contributed by atoms with Crippen LogP contribution in [0.5, 0.6) is 5.75 Å². The lowest BCUT2D eigenvalue weighted by Crippen LogP contribution is -2.33. The predicted octanol–water partition coefficient (Wildman–Crippen LogP) is 2.77. The van der Waals surface area contributed by atoms with E-state index in [-0.39, 0.29) is 5.75 Å². The number of rotatable bonds is 5. The third-order valence-electron chi connectivity index (χ3n) is 1.84. The molecule has 1 aromatic carbocycles. The number of benzene rings is 1. The van der Waals surface area contributed by atoms with E-state index < -0.39 is 19.0 Å². The lowest BCUT2D eigenvalue weighted by Gasteiger charge is -2.15. The van der Waals surface area contributed by atoms with Crippen molar-refractivity contribution in [1.82, 2.24) is 0 Å². The highest BCUT2D eigenvalue weighted by atomic mass is 19.3. The van der Waals surface area contributed by atoms with Crippen molar-refractivity contribution in [1.29, 1.82) is 0 Å². The summed E-state index contributed by atoms with van der Waals surface area (Å²) in [5.41, 5.74) is 0.514. The van der Waals surface area contributed by atoms with Crippen molar-refractivity contribution < 1.29 is 27.5 Å². The van der Waals surface area contributed by atoms with E-state index in [2.05, 4.69) is 9.89 Å². The molecule has 1 aromatic rings. The molecule has 0 heterocycles. The monoisotopic (exact) mass is 251 g/mol. The molecule has 0 bridgehead atoms. The molecule has 7 heteroatoms. The lowest BCUT2D eigenvalue weighted by molar-refractivity contribution is -0.148. The summed E-state index contributed by atoms with van der Waals surface area (Å²) < 4.78 is 53.1. The fourth-order valence-corrected chi connectivity index (χ4v) is 0.959. The smallest absolute Gasteiger partial charge is 0.340 e. The Morgan fingerprint density at radius 2 is 1.88 bits per heavy atom. The number of hydrogen-bond donors (Lipinski definition) is 1. The van der Waals surface area contributed by atoms with Gasteiger partial charge in [-0.25, -0.2) is 8.78 Å². The molecule has 0 unspecified atom stereocenters. The molecule has 17 heavy (non-hydrogen) atoms. The predicted molar refractivity (Wildman–Crippen MR) is 52.3 cm³/mol. The first kappa shape index (κ1) is 13.3. The van der Waals surface area contributed by atoms with Gasteiger partial charge in [0.1, 0.15) is 5.75 Å². The lowest BCUT2D eigenvalue weighted by atomic mass is 10.2. The fraction of sp³-hybridized carbons (Fsp3) is 0.300. The molecule has 1 rings (SSSR count). The van der Waals surface area contributed by atoms with Gasteiger partial charge in [-0.2, -0.15) is 8.78 Å². The zero-order valence-electron chi connectivity index (χ0n) is 8.49. The molecule has 0 aliphatic heterocycles. The number of halogens is 4. The van der Waals surface area contributed by atoms with Gasteiger partial charge in [-0.05, 0) is 29.8 Å². The van der Waals surface area contributed by atoms with E-state index in [1.807, 2.05) is 0 Å². The summed E-state index contributed by atoms with van der Waals surface area (Å²) in [6.45, 7) is -1.39. The van der Waals surface area contributed by atoms with Crippen molar-refractivity contribution in [3.05, 3.63) is 29.8 Å². The Morgan fingerprint density at radius 1 is 1.29 bits per heavy atom. The van der Waals surface area contributed by atoms with Crippen LogP contribution >= 0.6 is 0 Å². The Hall–Kier alpha value is -1.79.